The molecule has 2 fully saturated rings. The number of β-amino-alcohol motifs (C(OH)–C–C–N with tert-alkyl or cyclic N) is 1. The average Bonchev–Trinajstić information content (AvgIpc) is 3.80. The molecule has 0 bridgehead atoms. The lowest BCUT2D eigenvalue weighted by Gasteiger charge is -2.24. The molecule has 0 spiro atoms. The number of methoxy groups -OCH3 is 1. The summed E-state index contributed by atoms with van der Waals surface area (Å²) in [5.74, 6) is -2.82. The highest BCUT2D eigenvalue weighted by atomic mass is 19.4. The topological polar surface area (TPSA) is 213 Å². The van der Waals surface area contributed by atoms with Crippen molar-refractivity contribution >= 4 is 34.9 Å². The summed E-state index contributed by atoms with van der Waals surface area (Å²) >= 11 is 0. The number of carbonyl (C=O) groups excluding carboxylic acids is 1. The largest absolute Gasteiger partial charge is 0.490 e. The van der Waals surface area contributed by atoms with Crippen LogP contribution >= 0.6 is 0 Å². The van der Waals surface area contributed by atoms with Gasteiger partial charge in [0.05, 0.1) is 26.1 Å². The van der Waals surface area contributed by atoms with Gasteiger partial charge in [0.25, 0.3) is 0 Å². The third-order valence-electron chi connectivity index (χ3n) is 8.33. The van der Waals surface area contributed by atoms with Crippen molar-refractivity contribution in [1.29, 1.82) is 0 Å². The quantitative estimate of drug-likeness (QED) is 0.136. The Hall–Kier alpha value is -4.88. The van der Waals surface area contributed by atoms with Crippen molar-refractivity contribution in [2.75, 3.05) is 37.0 Å². The maximum absolute atomic E-state index is 12.6. The number of imidazole rings is 1. The lowest BCUT2D eigenvalue weighted by Crippen LogP contribution is -2.38. The Morgan fingerprint density at radius 3 is 2.14 bits per heavy atom. The first-order valence-electron chi connectivity index (χ1n) is 15.4. The van der Waals surface area contributed by atoms with Crippen LogP contribution in [0.2, 0.25) is 0 Å². The third-order valence-corrected chi connectivity index (χ3v) is 8.33. The van der Waals surface area contributed by atoms with Crippen LogP contribution in [0.3, 0.4) is 0 Å². The van der Waals surface area contributed by atoms with E-state index in [1.807, 2.05) is 36.4 Å². The molecule has 2 saturated heterocycles. The zero-order valence-corrected chi connectivity index (χ0v) is 26.5. The van der Waals surface area contributed by atoms with E-state index in [2.05, 4.69) is 34.6 Å². The summed E-state index contributed by atoms with van der Waals surface area (Å²) in [6, 6.07) is 19.3. The number of hydrogen-bond acceptors (Lipinski definition) is 13. The number of benzene rings is 2. The molecule has 2 aromatic heterocycles. The molecule has 6 atom stereocenters. The molecule has 50 heavy (non-hydrogen) atoms. The number of ether oxygens (including phenoxy) is 2. The molecule has 0 amide bonds. The van der Waals surface area contributed by atoms with Gasteiger partial charge in [0, 0.05) is 25.4 Å². The second-order valence-corrected chi connectivity index (χ2v) is 11.6. The van der Waals surface area contributed by atoms with Crippen molar-refractivity contribution in [3.05, 3.63) is 78.1 Å². The van der Waals surface area contributed by atoms with Crippen molar-refractivity contribution in [1.82, 2.24) is 19.5 Å². The summed E-state index contributed by atoms with van der Waals surface area (Å²) in [6.07, 6.45) is -9.07. The van der Waals surface area contributed by atoms with E-state index in [0.29, 0.717) is 17.9 Å². The summed E-state index contributed by atoms with van der Waals surface area (Å²) in [5.41, 5.74) is 2.83. The number of rotatable bonds is 9. The monoisotopic (exact) mass is 704 g/mol. The molecule has 0 unspecified atom stereocenters. The Bertz CT molecular complexity index is 1730. The molecule has 268 valence electrons. The number of aliphatic carboxylic acids is 1. The average molecular weight is 705 g/mol. The number of halogens is 3. The van der Waals surface area contributed by atoms with E-state index in [1.54, 1.807) is 4.90 Å². The first-order chi connectivity index (χ1) is 23.8. The molecule has 2 aliphatic heterocycles. The number of aromatic nitrogens is 4. The van der Waals surface area contributed by atoms with Gasteiger partial charge in [-0.25, -0.2) is 14.6 Å². The predicted octanol–water partition coefficient (Wildman–Crippen LogP) is 1.43. The fraction of sp³-hybridized carbons (Fsp3) is 0.406. The van der Waals surface area contributed by atoms with E-state index in [9.17, 15) is 38.4 Å². The maximum Gasteiger partial charge on any atom is 0.490 e. The van der Waals surface area contributed by atoms with Crippen LogP contribution in [-0.2, 0) is 19.1 Å². The molecular weight excluding hydrogens is 669 g/mol. The Balaban J connectivity index is 0.000000630. The molecule has 6 rings (SSSR count). The van der Waals surface area contributed by atoms with E-state index < -0.39 is 61.4 Å². The molecule has 18 heteroatoms. The van der Waals surface area contributed by atoms with Gasteiger partial charge in [-0.3, -0.25) is 4.57 Å². The highest BCUT2D eigenvalue weighted by Crippen LogP contribution is 2.35. The SMILES string of the molecule is COC(=O)[C@@H]1C[C@@H](O)CN1c1nc(NCC(c2ccccc2)c2ccccc2)c2ncn([C@@H]3O[C@H](CO)[C@@H](O)[C@H]3O)c2n1.O=C(O)C(F)(F)F. The van der Waals surface area contributed by atoms with Gasteiger partial charge in [-0.1, -0.05) is 60.7 Å². The van der Waals surface area contributed by atoms with Gasteiger partial charge < -0.3 is 45.2 Å². The first kappa shape index (κ1) is 36.4. The minimum absolute atomic E-state index is 0.0465. The van der Waals surface area contributed by atoms with Crippen LogP contribution in [0.25, 0.3) is 11.2 Å². The fourth-order valence-electron chi connectivity index (χ4n) is 5.84. The lowest BCUT2D eigenvalue weighted by atomic mass is 9.91. The van der Waals surface area contributed by atoms with Gasteiger partial charge in [0.1, 0.15) is 24.4 Å². The van der Waals surface area contributed by atoms with Gasteiger partial charge in [0.2, 0.25) is 5.95 Å². The number of anilines is 2. The Morgan fingerprint density at radius 2 is 1.62 bits per heavy atom. The van der Waals surface area contributed by atoms with Crippen LogP contribution < -0.4 is 10.2 Å². The first-order valence-corrected chi connectivity index (χ1v) is 15.4. The van der Waals surface area contributed by atoms with E-state index in [4.69, 9.17) is 29.3 Å². The highest BCUT2D eigenvalue weighted by molar-refractivity contribution is 5.86. The zero-order chi connectivity index (χ0) is 36.2. The van der Waals surface area contributed by atoms with Gasteiger partial charge in [0.15, 0.2) is 23.2 Å². The predicted molar refractivity (Wildman–Crippen MR) is 169 cm³/mol. The maximum atomic E-state index is 12.6. The Morgan fingerprint density at radius 1 is 1.02 bits per heavy atom. The van der Waals surface area contributed by atoms with Crippen LogP contribution in [0.15, 0.2) is 67.0 Å². The van der Waals surface area contributed by atoms with Gasteiger partial charge in [-0.05, 0) is 11.1 Å². The van der Waals surface area contributed by atoms with Crippen LogP contribution in [0.5, 0.6) is 0 Å². The highest BCUT2D eigenvalue weighted by Gasteiger charge is 2.45. The number of fused-ring (bicyclic) bond motifs is 1. The minimum atomic E-state index is -5.08. The molecule has 6 N–H and O–H groups in total. The van der Waals surface area contributed by atoms with E-state index in [1.165, 1.54) is 18.0 Å². The normalized spacial score (nSPS) is 23.5. The molecule has 4 aromatic rings. The Kier molecular flexibility index (Phi) is 11.2. The summed E-state index contributed by atoms with van der Waals surface area (Å²) in [4.78, 5) is 37.1. The van der Waals surface area contributed by atoms with Crippen molar-refractivity contribution < 1.29 is 57.8 Å². The second kappa shape index (κ2) is 15.3. The second-order valence-electron chi connectivity index (χ2n) is 11.6. The summed E-state index contributed by atoms with van der Waals surface area (Å²) in [6.45, 7) is 0.0495. The number of nitrogens with zero attached hydrogens (tertiary/aromatic N) is 5. The third kappa shape index (κ3) is 7.79. The lowest BCUT2D eigenvalue weighted by molar-refractivity contribution is -0.192. The summed E-state index contributed by atoms with van der Waals surface area (Å²) in [7, 11) is 1.28. The molecule has 2 aliphatic rings. The van der Waals surface area contributed by atoms with Crippen molar-refractivity contribution in [3.63, 3.8) is 0 Å². The van der Waals surface area contributed by atoms with E-state index >= 15 is 0 Å². The number of aliphatic hydroxyl groups excluding tert-OH is 4. The van der Waals surface area contributed by atoms with Crippen molar-refractivity contribution in [2.24, 2.45) is 0 Å². The summed E-state index contributed by atoms with van der Waals surface area (Å²) < 4.78 is 44.0. The van der Waals surface area contributed by atoms with Crippen molar-refractivity contribution in [3.8, 4) is 0 Å². The van der Waals surface area contributed by atoms with Crippen LogP contribution in [0.4, 0.5) is 24.9 Å². The number of carboxylic acids is 1. The molecule has 0 saturated carbocycles. The molecule has 4 heterocycles. The fourth-order valence-corrected chi connectivity index (χ4v) is 5.84. The summed E-state index contributed by atoms with van der Waals surface area (Å²) in [5, 5.41) is 51.8. The molecular formula is C32H35F3N6O9. The smallest absolute Gasteiger partial charge is 0.475 e. The van der Waals surface area contributed by atoms with Crippen LogP contribution in [-0.4, -0.2) is 120 Å². The van der Waals surface area contributed by atoms with Gasteiger partial charge >= 0.3 is 18.1 Å². The van der Waals surface area contributed by atoms with Crippen molar-refractivity contribution in [2.45, 2.75) is 55.2 Å². The molecule has 15 nitrogen and oxygen atoms in total. The standard InChI is InChI=1S/C30H34N6O7.C2HF3O2/c1-42-29(41)21-12-19(38)14-35(21)30-33-26(31-13-20(17-8-4-2-5-9-17)18-10-6-3-7-11-18)23-27(34-30)36(16-32-23)28-25(40)24(39)22(15-37)43-28;3-2(4,5)1(6)7/h2-11,16,19-22,24-25,28,37-40H,12-15H2,1H3,(H,31,33,34);(H,6,7)/t19-,21+,22-,24-,25-,28-;/m1./s1. The van der Waals surface area contributed by atoms with Gasteiger partial charge in [-0.15, -0.1) is 0 Å². The molecule has 2 aromatic carbocycles. The number of carboxylic acid groups (broad SMARTS) is 1. The van der Waals surface area contributed by atoms with E-state index in [-0.39, 0.29) is 30.5 Å². The Labute approximate surface area is 282 Å². The number of nitrogens with one attached hydrogen (secondary N) is 1. The van der Waals surface area contributed by atoms with Gasteiger partial charge in [-0.2, -0.15) is 23.1 Å². The van der Waals surface area contributed by atoms with Crippen LogP contribution in [0, 0.1) is 0 Å². The minimum Gasteiger partial charge on any atom is -0.475 e. The number of esters is 1. The number of hydrogen-bond donors (Lipinski definition) is 6. The van der Waals surface area contributed by atoms with Crippen LogP contribution in [0.1, 0.15) is 29.7 Å². The molecule has 0 aliphatic carbocycles. The zero-order valence-electron chi connectivity index (χ0n) is 26.5. The van der Waals surface area contributed by atoms with E-state index in [0.717, 1.165) is 11.1 Å². The number of aliphatic hydroxyl groups is 4. The number of carbonyl (C=O) groups is 2. The molecule has 0 radical (unpaired) electrons. The number of alkyl halides is 3.